The number of rotatable bonds is 23. The fraction of sp³-hybridized carbons (Fsp3) is 0.963. The molecule has 0 amide bonds. The van der Waals surface area contributed by atoms with E-state index in [1.807, 2.05) is 0 Å². The van der Waals surface area contributed by atoms with Crippen molar-refractivity contribution < 1.29 is 4.48 Å². The summed E-state index contributed by atoms with van der Waals surface area (Å²) >= 11 is 0. The summed E-state index contributed by atoms with van der Waals surface area (Å²) in [6.07, 6.45) is 26.6. The van der Waals surface area contributed by atoms with Crippen molar-refractivity contribution in [2.45, 2.75) is 143 Å². The lowest BCUT2D eigenvalue weighted by molar-refractivity contribution is -0.924. The van der Waals surface area contributed by atoms with E-state index in [0.717, 1.165) is 11.0 Å². The van der Waals surface area contributed by atoms with Gasteiger partial charge in [0, 0.05) is 0 Å². The zero-order chi connectivity index (χ0) is 21.5. The molecule has 0 N–H and O–H groups in total. The fourth-order valence-corrected chi connectivity index (χ4v) is 4.60. The predicted molar refractivity (Wildman–Crippen MR) is 130 cm³/mol. The van der Waals surface area contributed by atoms with Gasteiger partial charge in [-0.3, -0.25) is 0 Å². The molecule has 29 heavy (non-hydrogen) atoms. The van der Waals surface area contributed by atoms with E-state index in [9.17, 15) is 0 Å². The quantitative estimate of drug-likeness (QED) is 0.123. The summed E-state index contributed by atoms with van der Waals surface area (Å²) in [5, 5.41) is 8.89. The van der Waals surface area contributed by atoms with Gasteiger partial charge in [-0.2, -0.15) is 5.26 Å². The van der Waals surface area contributed by atoms with Gasteiger partial charge in [0.05, 0.1) is 38.7 Å². The van der Waals surface area contributed by atoms with Crippen LogP contribution in [0, 0.1) is 11.3 Å². The molecule has 0 aromatic heterocycles. The van der Waals surface area contributed by atoms with Crippen molar-refractivity contribution in [1.29, 1.82) is 5.26 Å². The number of nitrogens with zero attached hydrogens (tertiary/aromatic N) is 2. The van der Waals surface area contributed by atoms with E-state index in [1.54, 1.807) is 0 Å². The molecule has 0 aliphatic carbocycles. The first kappa shape index (κ1) is 28.5. The monoisotopic (exact) mass is 407 g/mol. The van der Waals surface area contributed by atoms with Crippen LogP contribution in [0.5, 0.6) is 0 Å². The zero-order valence-electron chi connectivity index (χ0n) is 20.7. The predicted octanol–water partition coefficient (Wildman–Crippen LogP) is 8.80. The smallest absolute Gasteiger partial charge is 0.0918 e. The average molecular weight is 408 g/mol. The highest BCUT2D eigenvalue weighted by molar-refractivity contribution is 4.68. The molecule has 0 aliphatic heterocycles. The summed E-state index contributed by atoms with van der Waals surface area (Å²) in [6, 6.07) is 2.34. The van der Waals surface area contributed by atoms with Gasteiger partial charge < -0.3 is 4.48 Å². The lowest BCUT2D eigenvalue weighted by Gasteiger charge is -2.36. The Morgan fingerprint density at radius 2 is 0.828 bits per heavy atom. The van der Waals surface area contributed by atoms with E-state index in [2.05, 4.69) is 26.8 Å². The number of nitriles is 1. The normalized spacial score (nSPS) is 11.7. The van der Waals surface area contributed by atoms with Gasteiger partial charge in [-0.25, -0.2) is 0 Å². The Balaban J connectivity index is 3.32. The van der Waals surface area contributed by atoms with E-state index in [-0.39, 0.29) is 0 Å². The summed E-state index contributed by atoms with van der Waals surface area (Å²) < 4.78 is 1.15. The second kappa shape index (κ2) is 22.1. The highest BCUT2D eigenvalue weighted by atomic mass is 15.3. The first-order valence-corrected chi connectivity index (χ1v) is 13.5. The minimum Gasteiger partial charge on any atom is -0.323 e. The summed E-state index contributed by atoms with van der Waals surface area (Å²) in [6.45, 7) is 11.5. The van der Waals surface area contributed by atoms with Gasteiger partial charge in [0.15, 0.2) is 0 Å². The summed E-state index contributed by atoms with van der Waals surface area (Å²) in [5.74, 6) is 0. The van der Waals surface area contributed by atoms with E-state index in [1.165, 1.54) is 135 Å². The van der Waals surface area contributed by atoms with Gasteiger partial charge in [-0.1, -0.05) is 110 Å². The number of hydrogen-bond acceptors (Lipinski definition) is 1. The van der Waals surface area contributed by atoms with Crippen LogP contribution in [-0.2, 0) is 0 Å². The summed E-state index contributed by atoms with van der Waals surface area (Å²) in [5.41, 5.74) is 0. The third kappa shape index (κ3) is 18.0. The van der Waals surface area contributed by atoms with Crippen LogP contribution in [0.2, 0.25) is 0 Å². The molecule has 0 saturated heterocycles. The third-order valence-electron chi connectivity index (χ3n) is 7.03. The number of unbranched alkanes of at least 4 members (excludes halogenated alkanes) is 17. The van der Waals surface area contributed by atoms with E-state index in [0.29, 0.717) is 6.42 Å². The SMILES string of the molecule is CCCCCCCCCCCCCCCCCCCC[N+](CC)(CC)CCC#N. The Hall–Kier alpha value is -0.550. The molecule has 0 bridgehead atoms. The van der Waals surface area contributed by atoms with Crippen LogP contribution < -0.4 is 0 Å². The van der Waals surface area contributed by atoms with Gasteiger partial charge in [-0.15, -0.1) is 0 Å². The van der Waals surface area contributed by atoms with Gasteiger partial charge in [0.2, 0.25) is 0 Å². The van der Waals surface area contributed by atoms with Gasteiger partial charge in [0.1, 0.15) is 0 Å². The van der Waals surface area contributed by atoms with Crippen LogP contribution in [-0.4, -0.2) is 30.7 Å². The van der Waals surface area contributed by atoms with Crippen LogP contribution in [0.15, 0.2) is 0 Å². The molecule has 0 radical (unpaired) electrons. The Morgan fingerprint density at radius 3 is 1.14 bits per heavy atom. The Bertz CT molecular complexity index is 354. The zero-order valence-corrected chi connectivity index (χ0v) is 20.7. The molecular formula is C27H55N2+. The maximum atomic E-state index is 8.89. The maximum Gasteiger partial charge on any atom is 0.0918 e. The third-order valence-corrected chi connectivity index (χ3v) is 7.03. The molecule has 0 rings (SSSR count). The molecule has 0 saturated carbocycles. The van der Waals surface area contributed by atoms with Gasteiger partial charge in [0.25, 0.3) is 0 Å². The molecule has 0 aromatic carbocycles. The minimum absolute atomic E-state index is 0.709. The van der Waals surface area contributed by atoms with Crippen LogP contribution >= 0.6 is 0 Å². The van der Waals surface area contributed by atoms with Crippen molar-refractivity contribution in [3.63, 3.8) is 0 Å². The van der Waals surface area contributed by atoms with Crippen LogP contribution in [0.4, 0.5) is 0 Å². The molecule has 0 aromatic rings. The lowest BCUT2D eigenvalue weighted by Crippen LogP contribution is -2.48. The fourth-order valence-electron chi connectivity index (χ4n) is 4.60. The van der Waals surface area contributed by atoms with Crippen molar-refractivity contribution in [2.75, 3.05) is 26.2 Å². The van der Waals surface area contributed by atoms with Crippen molar-refractivity contribution in [3.05, 3.63) is 0 Å². The topological polar surface area (TPSA) is 23.8 Å². The highest BCUT2D eigenvalue weighted by Crippen LogP contribution is 2.15. The van der Waals surface area contributed by atoms with Crippen molar-refractivity contribution in [1.82, 2.24) is 0 Å². The molecule has 0 unspecified atom stereocenters. The largest absolute Gasteiger partial charge is 0.323 e. The highest BCUT2D eigenvalue weighted by Gasteiger charge is 2.21. The molecule has 2 nitrogen and oxygen atoms in total. The summed E-state index contributed by atoms with van der Waals surface area (Å²) in [4.78, 5) is 0. The molecule has 0 atom stereocenters. The van der Waals surface area contributed by atoms with Crippen molar-refractivity contribution >= 4 is 0 Å². The van der Waals surface area contributed by atoms with E-state index >= 15 is 0 Å². The average Bonchev–Trinajstić information content (AvgIpc) is 2.75. The second-order valence-electron chi connectivity index (χ2n) is 9.34. The molecular weight excluding hydrogens is 352 g/mol. The Kier molecular flexibility index (Phi) is 21.7. The number of quaternary nitrogens is 1. The molecule has 0 heterocycles. The van der Waals surface area contributed by atoms with E-state index < -0.39 is 0 Å². The Morgan fingerprint density at radius 1 is 0.483 bits per heavy atom. The minimum atomic E-state index is 0.709. The van der Waals surface area contributed by atoms with Crippen LogP contribution in [0.3, 0.4) is 0 Å². The first-order chi connectivity index (χ1) is 14.2. The molecule has 0 fully saturated rings. The van der Waals surface area contributed by atoms with Gasteiger partial charge in [-0.05, 0) is 26.7 Å². The molecule has 0 spiro atoms. The number of hydrogen-bond donors (Lipinski definition) is 0. The van der Waals surface area contributed by atoms with Gasteiger partial charge >= 0.3 is 0 Å². The standard InChI is InChI=1S/C27H55N2/c1-4-7-8-9-10-11-12-13-14-15-16-17-18-19-20-21-22-23-26-29(5-2,6-3)27-24-25-28/h4-24,26-27H2,1-3H3/q+1. The van der Waals surface area contributed by atoms with Crippen LogP contribution in [0.1, 0.15) is 143 Å². The Labute approximate surface area is 185 Å². The van der Waals surface area contributed by atoms with Crippen molar-refractivity contribution in [2.24, 2.45) is 0 Å². The first-order valence-electron chi connectivity index (χ1n) is 13.5. The second-order valence-corrected chi connectivity index (χ2v) is 9.34. The molecule has 2 heteroatoms. The lowest BCUT2D eigenvalue weighted by atomic mass is 10.0. The van der Waals surface area contributed by atoms with Crippen molar-refractivity contribution in [3.8, 4) is 6.07 Å². The maximum absolute atomic E-state index is 8.89. The van der Waals surface area contributed by atoms with E-state index in [4.69, 9.17) is 5.26 Å². The summed E-state index contributed by atoms with van der Waals surface area (Å²) in [7, 11) is 0. The van der Waals surface area contributed by atoms with Crippen LogP contribution in [0.25, 0.3) is 0 Å². The molecule has 0 aliphatic rings. The molecule has 172 valence electrons.